The molecule has 0 spiro atoms. The van der Waals surface area contributed by atoms with E-state index < -0.39 is 0 Å². The van der Waals surface area contributed by atoms with E-state index >= 15 is 0 Å². The second-order valence-corrected chi connectivity index (χ2v) is 8.54. The molecule has 0 bridgehead atoms. The van der Waals surface area contributed by atoms with Crippen LogP contribution in [0.3, 0.4) is 0 Å². The molecule has 0 saturated heterocycles. The van der Waals surface area contributed by atoms with E-state index in [2.05, 4.69) is 47.1 Å². The second kappa shape index (κ2) is 9.41. The number of halogens is 2. The number of benzene rings is 3. The summed E-state index contributed by atoms with van der Waals surface area (Å²) in [4.78, 5) is 13.8. The van der Waals surface area contributed by atoms with Crippen molar-refractivity contribution in [1.29, 1.82) is 0 Å². The number of hydrogen-bond donors (Lipinski definition) is 0. The molecular weight excluding hydrogens is 440 g/mol. The maximum atomic E-state index is 13.1. The van der Waals surface area contributed by atoms with Crippen molar-refractivity contribution in [2.45, 2.75) is 12.7 Å². The monoisotopic (exact) mass is 456 g/mol. The number of hydrogen-bond acceptors (Lipinski definition) is 2. The molecule has 0 aliphatic heterocycles. The van der Waals surface area contributed by atoms with Gasteiger partial charge in [0.15, 0.2) is 5.78 Å². The first kappa shape index (κ1) is 19.9. The largest absolute Gasteiger partial charge is 0.288 e. The Hall–Kier alpha value is -1.81. The minimum absolute atomic E-state index is 0.00620. The van der Waals surface area contributed by atoms with Crippen LogP contribution in [-0.2, 0) is 5.75 Å². The fourth-order valence-electron chi connectivity index (χ4n) is 2.47. The molecule has 0 fully saturated rings. The molecule has 1 nitrogen and oxygen atoms in total. The predicted octanol–water partition coefficient (Wildman–Crippen LogP) is 7.57. The summed E-state index contributed by atoms with van der Waals surface area (Å²) in [5.41, 5.74) is 4.05. The van der Waals surface area contributed by atoms with Gasteiger partial charge in [0, 0.05) is 20.8 Å². The first-order chi connectivity index (χ1) is 13.0. The summed E-state index contributed by atoms with van der Waals surface area (Å²) in [6.45, 7) is 2.07. The average molecular weight is 458 g/mol. The van der Waals surface area contributed by atoms with E-state index in [-0.39, 0.29) is 5.78 Å². The number of ketones is 1. The summed E-state index contributed by atoms with van der Waals surface area (Å²) in [6, 6.07) is 23.4. The van der Waals surface area contributed by atoms with E-state index in [0.717, 1.165) is 15.8 Å². The Labute approximate surface area is 177 Å². The van der Waals surface area contributed by atoms with Gasteiger partial charge in [0.1, 0.15) is 0 Å². The molecule has 0 N–H and O–H groups in total. The number of thioether (sulfide) groups is 1. The average Bonchev–Trinajstić information content (AvgIpc) is 2.68. The summed E-state index contributed by atoms with van der Waals surface area (Å²) in [6.07, 6.45) is 1.95. The second-order valence-electron chi connectivity index (χ2n) is 6.17. The lowest BCUT2D eigenvalue weighted by molar-refractivity contribution is 0.104. The van der Waals surface area contributed by atoms with Gasteiger partial charge in [-0.05, 0) is 60.5 Å². The molecule has 0 amide bonds. The van der Waals surface area contributed by atoms with Gasteiger partial charge in [0.2, 0.25) is 0 Å². The zero-order chi connectivity index (χ0) is 19.2. The first-order valence-corrected chi connectivity index (χ1v) is 10.6. The molecule has 0 aliphatic carbocycles. The topological polar surface area (TPSA) is 17.1 Å². The molecule has 3 rings (SSSR count). The van der Waals surface area contributed by atoms with E-state index in [1.807, 2.05) is 30.3 Å². The van der Waals surface area contributed by atoms with E-state index in [4.69, 9.17) is 11.6 Å². The van der Waals surface area contributed by atoms with Crippen LogP contribution in [0.5, 0.6) is 0 Å². The van der Waals surface area contributed by atoms with Crippen LogP contribution in [0.4, 0.5) is 0 Å². The number of carbonyl (C=O) groups excluding carboxylic acids is 1. The molecule has 0 radical (unpaired) electrons. The third kappa shape index (κ3) is 5.83. The van der Waals surface area contributed by atoms with Crippen molar-refractivity contribution in [2.75, 3.05) is 0 Å². The summed E-state index contributed by atoms with van der Waals surface area (Å²) < 4.78 is 1.01. The molecule has 3 aromatic carbocycles. The third-order valence-corrected chi connectivity index (χ3v) is 5.89. The number of allylic oxidation sites excluding steroid dienone is 1. The van der Waals surface area contributed by atoms with Gasteiger partial charge in [-0.25, -0.2) is 0 Å². The molecule has 0 heterocycles. The maximum Gasteiger partial charge on any atom is 0.199 e. The minimum Gasteiger partial charge on any atom is -0.288 e. The van der Waals surface area contributed by atoms with Crippen molar-refractivity contribution in [3.63, 3.8) is 0 Å². The normalized spacial score (nSPS) is 11.4. The summed E-state index contributed by atoms with van der Waals surface area (Å²) in [7, 11) is 0. The summed E-state index contributed by atoms with van der Waals surface area (Å²) in [5, 5.41) is 0.622. The van der Waals surface area contributed by atoms with Crippen molar-refractivity contribution < 1.29 is 4.79 Å². The quantitative estimate of drug-likeness (QED) is 0.280. The van der Waals surface area contributed by atoms with Gasteiger partial charge in [0.05, 0.1) is 4.91 Å². The molecular formula is C23H18BrClOS. The van der Waals surface area contributed by atoms with Crippen molar-refractivity contribution in [3.8, 4) is 0 Å². The van der Waals surface area contributed by atoms with Crippen LogP contribution in [-0.4, -0.2) is 5.78 Å². The highest BCUT2D eigenvalue weighted by molar-refractivity contribution is 9.10. The molecule has 0 saturated carbocycles. The highest BCUT2D eigenvalue weighted by Gasteiger charge is 2.14. The lowest BCUT2D eigenvalue weighted by Gasteiger charge is -2.08. The third-order valence-electron chi connectivity index (χ3n) is 4.01. The predicted molar refractivity (Wildman–Crippen MR) is 120 cm³/mol. The molecule has 0 aliphatic rings. The molecule has 3 aromatic rings. The Bertz CT molecular complexity index is 945. The van der Waals surface area contributed by atoms with Crippen molar-refractivity contribution in [2.24, 2.45) is 0 Å². The Morgan fingerprint density at radius 2 is 1.59 bits per heavy atom. The van der Waals surface area contributed by atoms with Gasteiger partial charge in [-0.2, -0.15) is 0 Å². The Morgan fingerprint density at radius 1 is 0.963 bits per heavy atom. The standard InChI is InChI=1S/C23H18BrClOS/c1-16-2-4-18(5-3-16)15-27-22(14-17-6-10-20(24)11-7-17)23(26)19-8-12-21(25)13-9-19/h2-14H,15H2,1H3. The SMILES string of the molecule is Cc1ccc(CSC(=Cc2ccc(Br)cc2)C(=O)c2ccc(Cl)cc2)cc1. The summed E-state index contributed by atoms with van der Waals surface area (Å²) >= 11 is 11.0. The highest BCUT2D eigenvalue weighted by Crippen LogP contribution is 2.28. The van der Waals surface area contributed by atoms with Gasteiger partial charge in [-0.3, -0.25) is 4.79 Å². The fraction of sp³-hybridized carbons (Fsp3) is 0.0870. The van der Waals surface area contributed by atoms with E-state index in [1.165, 1.54) is 11.1 Å². The van der Waals surface area contributed by atoms with Gasteiger partial charge in [0.25, 0.3) is 0 Å². The minimum atomic E-state index is 0.00620. The highest BCUT2D eigenvalue weighted by atomic mass is 79.9. The Morgan fingerprint density at radius 3 is 2.22 bits per heavy atom. The smallest absolute Gasteiger partial charge is 0.199 e. The van der Waals surface area contributed by atoms with Crippen LogP contribution in [0.2, 0.25) is 5.02 Å². The van der Waals surface area contributed by atoms with Gasteiger partial charge < -0.3 is 0 Å². The van der Waals surface area contributed by atoms with Crippen molar-refractivity contribution >= 4 is 51.2 Å². The van der Waals surface area contributed by atoms with E-state index in [9.17, 15) is 4.79 Å². The van der Waals surface area contributed by atoms with E-state index in [1.54, 1.807) is 36.0 Å². The molecule has 0 atom stereocenters. The number of Topliss-reactive ketones (excluding diaryl/α,β-unsaturated/α-hetero) is 1. The number of carbonyl (C=O) groups is 1. The van der Waals surface area contributed by atoms with E-state index in [0.29, 0.717) is 15.5 Å². The molecule has 27 heavy (non-hydrogen) atoms. The van der Waals surface area contributed by atoms with Crippen LogP contribution in [0.1, 0.15) is 27.0 Å². The van der Waals surface area contributed by atoms with Gasteiger partial charge >= 0.3 is 0 Å². The fourth-order valence-corrected chi connectivity index (χ4v) is 3.85. The van der Waals surface area contributed by atoms with Crippen LogP contribution >= 0.6 is 39.3 Å². The molecule has 136 valence electrons. The summed E-state index contributed by atoms with van der Waals surface area (Å²) in [5.74, 6) is 0.744. The van der Waals surface area contributed by atoms with Crippen LogP contribution in [0.25, 0.3) is 6.08 Å². The lowest BCUT2D eigenvalue weighted by Crippen LogP contribution is -2.01. The number of aryl methyl sites for hydroxylation is 1. The van der Waals surface area contributed by atoms with Gasteiger partial charge in [-0.1, -0.05) is 69.5 Å². The zero-order valence-corrected chi connectivity index (χ0v) is 17.9. The first-order valence-electron chi connectivity index (χ1n) is 8.47. The van der Waals surface area contributed by atoms with Crippen molar-refractivity contribution in [1.82, 2.24) is 0 Å². The zero-order valence-electron chi connectivity index (χ0n) is 14.8. The maximum absolute atomic E-state index is 13.1. The van der Waals surface area contributed by atoms with Crippen LogP contribution in [0.15, 0.2) is 82.2 Å². The molecule has 4 heteroatoms. The number of rotatable bonds is 6. The Kier molecular flexibility index (Phi) is 6.95. The lowest BCUT2D eigenvalue weighted by atomic mass is 10.1. The molecule has 0 aromatic heterocycles. The van der Waals surface area contributed by atoms with Crippen LogP contribution < -0.4 is 0 Å². The van der Waals surface area contributed by atoms with Crippen LogP contribution in [0, 0.1) is 6.92 Å². The van der Waals surface area contributed by atoms with Crippen molar-refractivity contribution in [3.05, 3.63) is 109 Å². The Balaban J connectivity index is 1.87. The molecule has 0 unspecified atom stereocenters. The van der Waals surface area contributed by atoms with Gasteiger partial charge in [-0.15, -0.1) is 11.8 Å².